The second-order valence-corrected chi connectivity index (χ2v) is 4.75. The van der Waals surface area contributed by atoms with Gasteiger partial charge in [0.05, 0.1) is 11.7 Å². The fourth-order valence-corrected chi connectivity index (χ4v) is 1.17. The lowest BCUT2D eigenvalue weighted by atomic mass is 9.90. The molecule has 1 atom stereocenters. The summed E-state index contributed by atoms with van der Waals surface area (Å²) < 4.78 is 5.10. The molecule has 3 nitrogen and oxygen atoms in total. The van der Waals surface area contributed by atoms with Gasteiger partial charge in [0, 0.05) is 6.07 Å². The zero-order valence-electron chi connectivity index (χ0n) is 8.79. The topological polar surface area (TPSA) is 52.0 Å². The maximum Gasteiger partial charge on any atom is 0.153 e. The minimum Gasteiger partial charge on any atom is -0.359 e. The van der Waals surface area contributed by atoms with Crippen molar-refractivity contribution in [3.63, 3.8) is 0 Å². The molecule has 0 amide bonds. The maximum absolute atomic E-state index is 5.66. The number of rotatable bonds is 2. The highest BCUT2D eigenvalue weighted by atomic mass is 16.5. The van der Waals surface area contributed by atoms with Crippen LogP contribution >= 0.6 is 0 Å². The molecule has 0 aliphatic heterocycles. The molecule has 0 aliphatic rings. The second-order valence-electron chi connectivity index (χ2n) is 4.75. The molecule has 0 saturated heterocycles. The van der Waals surface area contributed by atoms with Crippen LogP contribution < -0.4 is 5.73 Å². The van der Waals surface area contributed by atoms with Crippen LogP contribution in [0.2, 0.25) is 0 Å². The van der Waals surface area contributed by atoms with Gasteiger partial charge in [-0.3, -0.25) is 0 Å². The van der Waals surface area contributed by atoms with Crippen molar-refractivity contribution in [1.82, 2.24) is 5.16 Å². The quantitative estimate of drug-likeness (QED) is 0.763. The number of aromatic nitrogens is 1. The van der Waals surface area contributed by atoms with Crippen molar-refractivity contribution < 1.29 is 4.52 Å². The van der Waals surface area contributed by atoms with E-state index in [1.54, 1.807) is 0 Å². The molecule has 1 aromatic heterocycles. The van der Waals surface area contributed by atoms with Crippen LogP contribution in [0.3, 0.4) is 0 Å². The van der Waals surface area contributed by atoms with Crippen molar-refractivity contribution in [3.05, 3.63) is 17.5 Å². The number of nitrogens with zero attached hydrogens (tertiary/aromatic N) is 1. The summed E-state index contributed by atoms with van der Waals surface area (Å²) in [5, 5.41) is 3.97. The van der Waals surface area contributed by atoms with Gasteiger partial charge in [0.1, 0.15) is 0 Å². The van der Waals surface area contributed by atoms with E-state index in [4.69, 9.17) is 10.3 Å². The molecule has 0 aromatic carbocycles. The molecule has 0 fully saturated rings. The van der Waals surface area contributed by atoms with Crippen molar-refractivity contribution in [2.45, 2.75) is 40.2 Å². The van der Waals surface area contributed by atoms with Crippen LogP contribution in [0.15, 0.2) is 10.6 Å². The van der Waals surface area contributed by atoms with E-state index in [1.165, 1.54) is 0 Å². The molecule has 1 unspecified atom stereocenters. The van der Waals surface area contributed by atoms with E-state index < -0.39 is 0 Å². The predicted octanol–water partition coefficient (Wildman–Crippen LogP) is 2.28. The largest absolute Gasteiger partial charge is 0.359 e. The molecule has 74 valence electrons. The van der Waals surface area contributed by atoms with E-state index in [2.05, 4.69) is 25.9 Å². The first-order valence-corrected chi connectivity index (χ1v) is 4.59. The highest BCUT2D eigenvalue weighted by Crippen LogP contribution is 2.21. The van der Waals surface area contributed by atoms with Gasteiger partial charge in [0.2, 0.25) is 0 Å². The van der Waals surface area contributed by atoms with Gasteiger partial charge >= 0.3 is 0 Å². The first-order valence-electron chi connectivity index (χ1n) is 4.59. The van der Waals surface area contributed by atoms with Crippen molar-refractivity contribution >= 4 is 0 Å². The van der Waals surface area contributed by atoms with Gasteiger partial charge in [-0.1, -0.05) is 25.9 Å². The molecule has 2 N–H and O–H groups in total. The fourth-order valence-electron chi connectivity index (χ4n) is 1.17. The van der Waals surface area contributed by atoms with E-state index in [0.717, 1.165) is 17.9 Å². The molecular formula is C10H18N2O. The molecule has 0 spiro atoms. The number of nitrogens with two attached hydrogens (primary N) is 1. The van der Waals surface area contributed by atoms with E-state index in [-0.39, 0.29) is 11.5 Å². The van der Waals surface area contributed by atoms with Crippen molar-refractivity contribution in [1.29, 1.82) is 0 Å². The predicted molar refractivity (Wildman–Crippen MR) is 52.3 cm³/mol. The smallest absolute Gasteiger partial charge is 0.153 e. The van der Waals surface area contributed by atoms with Crippen LogP contribution in [-0.4, -0.2) is 5.16 Å². The maximum atomic E-state index is 5.66. The summed E-state index contributed by atoms with van der Waals surface area (Å²) in [6, 6.07) is 1.87. The Labute approximate surface area is 79.3 Å². The Bertz CT molecular complexity index is 271. The highest BCUT2D eigenvalue weighted by Gasteiger charge is 2.15. The monoisotopic (exact) mass is 182 g/mol. The molecule has 13 heavy (non-hydrogen) atoms. The standard InChI is InChI=1S/C10H18N2O/c1-7(11)9-5-8(12-13-9)6-10(2,3)4/h5,7H,6,11H2,1-4H3. The fraction of sp³-hybridized carbons (Fsp3) is 0.700. The van der Waals surface area contributed by atoms with Gasteiger partial charge in [-0.05, 0) is 18.8 Å². The minimum absolute atomic E-state index is 0.0683. The SMILES string of the molecule is CC(N)c1cc(CC(C)(C)C)no1. The lowest BCUT2D eigenvalue weighted by Crippen LogP contribution is -2.09. The van der Waals surface area contributed by atoms with Crippen molar-refractivity contribution in [3.8, 4) is 0 Å². The number of hydrogen-bond acceptors (Lipinski definition) is 3. The summed E-state index contributed by atoms with van der Waals surface area (Å²) >= 11 is 0. The molecule has 0 radical (unpaired) electrons. The summed E-state index contributed by atoms with van der Waals surface area (Å²) in [6.45, 7) is 8.41. The molecule has 0 bridgehead atoms. The Balaban J connectivity index is 2.70. The van der Waals surface area contributed by atoms with Crippen LogP contribution in [0, 0.1) is 5.41 Å². The Morgan fingerprint density at radius 3 is 2.54 bits per heavy atom. The zero-order chi connectivity index (χ0) is 10.1. The van der Waals surface area contributed by atoms with E-state index >= 15 is 0 Å². The summed E-state index contributed by atoms with van der Waals surface area (Å²) in [7, 11) is 0. The molecule has 0 saturated carbocycles. The molecule has 1 aromatic rings. The van der Waals surface area contributed by atoms with E-state index in [1.807, 2.05) is 13.0 Å². The summed E-state index contributed by atoms with van der Waals surface area (Å²) in [6.07, 6.45) is 0.920. The normalized spacial score (nSPS) is 14.5. The van der Waals surface area contributed by atoms with Crippen LogP contribution in [0.5, 0.6) is 0 Å². The Morgan fingerprint density at radius 1 is 1.54 bits per heavy atom. The molecule has 0 aliphatic carbocycles. The van der Waals surface area contributed by atoms with Gasteiger partial charge in [-0.15, -0.1) is 0 Å². The van der Waals surface area contributed by atoms with Crippen LogP contribution in [0.4, 0.5) is 0 Å². The van der Waals surface area contributed by atoms with Crippen LogP contribution in [-0.2, 0) is 6.42 Å². The molecular weight excluding hydrogens is 164 g/mol. The Morgan fingerprint density at radius 2 is 2.15 bits per heavy atom. The first-order chi connectivity index (χ1) is 5.88. The summed E-state index contributed by atoms with van der Waals surface area (Å²) in [5.41, 5.74) is 6.89. The third-order valence-corrected chi connectivity index (χ3v) is 1.74. The Kier molecular flexibility index (Phi) is 2.76. The van der Waals surface area contributed by atoms with Crippen LogP contribution in [0.1, 0.15) is 45.2 Å². The second kappa shape index (κ2) is 3.50. The average Bonchev–Trinajstić information content (AvgIpc) is 2.31. The highest BCUT2D eigenvalue weighted by molar-refractivity contribution is 5.09. The summed E-state index contributed by atoms with van der Waals surface area (Å²) in [5.74, 6) is 0.763. The summed E-state index contributed by atoms with van der Waals surface area (Å²) in [4.78, 5) is 0. The zero-order valence-corrected chi connectivity index (χ0v) is 8.79. The van der Waals surface area contributed by atoms with Gasteiger partial charge in [-0.2, -0.15) is 0 Å². The molecule has 3 heteroatoms. The lowest BCUT2D eigenvalue weighted by Gasteiger charge is -2.14. The lowest BCUT2D eigenvalue weighted by molar-refractivity contribution is 0.345. The number of hydrogen-bond donors (Lipinski definition) is 1. The van der Waals surface area contributed by atoms with Gasteiger partial charge < -0.3 is 10.3 Å². The third kappa shape index (κ3) is 3.19. The first kappa shape index (κ1) is 10.3. The molecule has 1 rings (SSSR count). The van der Waals surface area contributed by atoms with Crippen molar-refractivity contribution in [2.24, 2.45) is 11.1 Å². The van der Waals surface area contributed by atoms with E-state index in [0.29, 0.717) is 0 Å². The average molecular weight is 182 g/mol. The Hall–Kier alpha value is -0.830. The van der Waals surface area contributed by atoms with Gasteiger partial charge in [-0.25, -0.2) is 0 Å². The van der Waals surface area contributed by atoms with Gasteiger partial charge in [0.25, 0.3) is 0 Å². The third-order valence-electron chi connectivity index (χ3n) is 1.74. The van der Waals surface area contributed by atoms with Gasteiger partial charge in [0.15, 0.2) is 5.76 Å². The van der Waals surface area contributed by atoms with Crippen LogP contribution in [0.25, 0.3) is 0 Å². The van der Waals surface area contributed by atoms with E-state index in [9.17, 15) is 0 Å². The van der Waals surface area contributed by atoms with Crippen molar-refractivity contribution in [2.75, 3.05) is 0 Å². The molecule has 1 heterocycles. The minimum atomic E-state index is -0.0683.